The van der Waals surface area contributed by atoms with E-state index >= 15 is 0 Å². The third-order valence-electron chi connectivity index (χ3n) is 10.3. The van der Waals surface area contributed by atoms with E-state index in [2.05, 4.69) is 4.99 Å². The lowest BCUT2D eigenvalue weighted by molar-refractivity contribution is -0.206. The zero-order chi connectivity index (χ0) is 36.8. The first-order valence-electron chi connectivity index (χ1n) is 15.6. The second-order valence-electron chi connectivity index (χ2n) is 12.8. The van der Waals surface area contributed by atoms with E-state index in [1.807, 2.05) is 0 Å². The number of hydrogen-bond acceptors (Lipinski definition) is 16. The van der Waals surface area contributed by atoms with E-state index in [4.69, 9.17) is 18.9 Å². The summed E-state index contributed by atoms with van der Waals surface area (Å²) in [7, 11) is 3.29. The van der Waals surface area contributed by atoms with E-state index in [0.717, 1.165) is 20.3 Å². The highest BCUT2D eigenvalue weighted by Gasteiger charge is 2.72. The summed E-state index contributed by atoms with van der Waals surface area (Å²) in [6.07, 6.45) is -7.28. The summed E-state index contributed by atoms with van der Waals surface area (Å²) in [5, 5.41) is 67.5. The lowest BCUT2D eigenvalue weighted by atomic mass is 9.56. The van der Waals surface area contributed by atoms with E-state index in [-0.39, 0.29) is 11.1 Å². The monoisotopic (exact) mass is 697 g/mol. The Bertz CT molecular complexity index is 1920. The highest BCUT2D eigenvalue weighted by molar-refractivity contribution is 6.53. The Hall–Kier alpha value is -4.42. The van der Waals surface area contributed by atoms with Crippen molar-refractivity contribution in [3.63, 3.8) is 0 Å². The van der Waals surface area contributed by atoms with E-state index in [9.17, 15) is 54.6 Å². The first-order valence-corrected chi connectivity index (χ1v) is 15.6. The number of esters is 1. The number of ketones is 4. The first kappa shape index (κ1) is 35.4. The summed E-state index contributed by atoms with van der Waals surface area (Å²) in [6, 6.07) is 2.15. The first-order chi connectivity index (χ1) is 23.6. The number of aliphatic hydroxyl groups is 4. The molecule has 2 unspecified atom stereocenters. The molecule has 0 radical (unpaired) electrons. The van der Waals surface area contributed by atoms with E-state index in [1.165, 1.54) is 20.1 Å². The molecule has 6 N–H and O–H groups in total. The van der Waals surface area contributed by atoms with Crippen LogP contribution in [0, 0.1) is 12.8 Å². The maximum atomic E-state index is 14.6. The molecular weight excluding hydrogens is 662 g/mol. The number of Topliss-reactive ketones (excluding diaryl/α,β-unsaturated/α-hetero) is 4. The molecule has 3 aliphatic carbocycles. The zero-order valence-corrected chi connectivity index (χ0v) is 27.5. The van der Waals surface area contributed by atoms with Gasteiger partial charge in [0.25, 0.3) is 0 Å². The van der Waals surface area contributed by atoms with Gasteiger partial charge in [0.05, 0.1) is 61.2 Å². The maximum absolute atomic E-state index is 14.6. The fraction of sp³-hybridized carbons (Fsp3) is 0.471. The van der Waals surface area contributed by atoms with Crippen LogP contribution >= 0.6 is 0 Å². The summed E-state index contributed by atoms with van der Waals surface area (Å²) in [5.41, 5.74) is -10.2. The maximum Gasteiger partial charge on any atom is 0.341 e. The highest BCUT2D eigenvalue weighted by atomic mass is 16.6. The molecule has 0 bridgehead atoms. The van der Waals surface area contributed by atoms with Crippen LogP contribution in [-0.2, 0) is 31.0 Å². The van der Waals surface area contributed by atoms with Gasteiger partial charge in [0.1, 0.15) is 23.2 Å². The summed E-state index contributed by atoms with van der Waals surface area (Å²) >= 11 is 0. The van der Waals surface area contributed by atoms with Gasteiger partial charge in [0.2, 0.25) is 17.3 Å². The summed E-state index contributed by atoms with van der Waals surface area (Å²) in [4.78, 5) is 73.3. The van der Waals surface area contributed by atoms with Crippen molar-refractivity contribution < 1.29 is 73.6 Å². The number of aliphatic hydroxyl groups excluding tert-OH is 3. The molecule has 6 rings (SSSR count). The molecule has 266 valence electrons. The summed E-state index contributed by atoms with van der Waals surface area (Å²) < 4.78 is 21.3. The van der Waals surface area contributed by atoms with Crippen molar-refractivity contribution in [3.05, 3.63) is 56.6 Å². The van der Waals surface area contributed by atoms with Gasteiger partial charge in [-0.2, -0.15) is 0 Å². The number of carbonyl (C=O) groups is 5. The van der Waals surface area contributed by atoms with Crippen LogP contribution < -0.4 is 0 Å². The second kappa shape index (κ2) is 12.1. The number of aryl methyl sites for hydroxylation is 1. The Morgan fingerprint density at radius 3 is 2.30 bits per heavy atom. The standard InChI is InChI=1S/C34H35NO15/c1-11-6-13-7-19(38)34(49-5)30(44)22-15(29(43)33(34,46)23(13)27(42)20(11)32(45)48-4)8-14-21(26(22)41)18(37)9-17(24(14)39)35-31-16(10-36)25(40)28(47-3)12(2)50-31/h6,8,12,16,19,25,28,31,36,38,40-42,46H,7,9-10H2,1-5H3/t12-,16+,19?,25-,28-,31?,33-,34+/m0/s1. The smallest absolute Gasteiger partial charge is 0.341 e. The Morgan fingerprint density at radius 2 is 1.70 bits per heavy atom. The van der Waals surface area contributed by atoms with Gasteiger partial charge in [-0.25, -0.2) is 4.79 Å². The number of fused-ring (bicyclic) bond motifs is 5. The Labute approximate surface area is 283 Å². The van der Waals surface area contributed by atoms with Gasteiger partial charge in [-0.15, -0.1) is 0 Å². The molecule has 0 spiro atoms. The van der Waals surface area contributed by atoms with Gasteiger partial charge in [-0.3, -0.25) is 24.2 Å². The number of rotatable bonds is 5. The van der Waals surface area contributed by atoms with Crippen LogP contribution in [0.5, 0.6) is 11.5 Å². The van der Waals surface area contributed by atoms with Gasteiger partial charge >= 0.3 is 5.97 Å². The number of ether oxygens (including phenoxy) is 4. The largest absolute Gasteiger partial charge is 0.507 e. The van der Waals surface area contributed by atoms with Gasteiger partial charge < -0.3 is 49.6 Å². The molecule has 50 heavy (non-hydrogen) atoms. The van der Waals surface area contributed by atoms with E-state index in [1.54, 1.807) is 6.92 Å². The van der Waals surface area contributed by atoms with Crippen LogP contribution in [0.4, 0.5) is 0 Å². The van der Waals surface area contributed by atoms with Crippen LogP contribution in [0.3, 0.4) is 0 Å². The minimum atomic E-state index is -3.24. The predicted octanol–water partition coefficient (Wildman–Crippen LogP) is -0.299. The molecule has 0 amide bonds. The molecule has 1 saturated heterocycles. The van der Waals surface area contributed by atoms with Crippen molar-refractivity contribution in [1.29, 1.82) is 0 Å². The molecule has 2 aromatic carbocycles. The van der Waals surface area contributed by atoms with E-state index in [0.29, 0.717) is 0 Å². The number of aliphatic imine (C=N–C) groups is 1. The molecule has 1 heterocycles. The molecule has 0 aromatic heterocycles. The minimum Gasteiger partial charge on any atom is -0.507 e. The number of aromatic hydroxyl groups is 2. The fourth-order valence-corrected chi connectivity index (χ4v) is 7.94. The van der Waals surface area contributed by atoms with Crippen LogP contribution in [-0.4, -0.2) is 130 Å². The van der Waals surface area contributed by atoms with Gasteiger partial charge in [-0.1, -0.05) is 6.07 Å². The van der Waals surface area contributed by atoms with Crippen molar-refractivity contribution in [3.8, 4) is 11.5 Å². The number of benzene rings is 2. The number of hydrogen-bond donors (Lipinski definition) is 6. The van der Waals surface area contributed by atoms with Crippen molar-refractivity contribution in [2.24, 2.45) is 10.9 Å². The average Bonchev–Trinajstić information content (AvgIpc) is 3.05. The quantitative estimate of drug-likeness (QED) is 0.219. The number of phenolic OH excluding ortho intramolecular Hbond substituents is 2. The number of phenols is 2. The van der Waals surface area contributed by atoms with Crippen molar-refractivity contribution in [1.82, 2.24) is 0 Å². The third kappa shape index (κ3) is 4.43. The predicted molar refractivity (Wildman–Crippen MR) is 167 cm³/mol. The zero-order valence-electron chi connectivity index (χ0n) is 27.5. The van der Waals surface area contributed by atoms with Gasteiger partial charge in [0.15, 0.2) is 23.2 Å². The summed E-state index contributed by atoms with van der Waals surface area (Å²) in [6.45, 7) is 2.39. The molecule has 16 nitrogen and oxygen atoms in total. The molecule has 2 aromatic rings. The van der Waals surface area contributed by atoms with Gasteiger partial charge in [-0.05, 0) is 31.0 Å². The fourth-order valence-electron chi connectivity index (χ4n) is 7.94. The molecule has 4 aliphatic rings. The van der Waals surface area contributed by atoms with Crippen LogP contribution in [0.1, 0.15) is 81.8 Å². The van der Waals surface area contributed by atoms with Crippen LogP contribution in [0.2, 0.25) is 0 Å². The van der Waals surface area contributed by atoms with Crippen molar-refractivity contribution in [2.75, 3.05) is 27.9 Å². The molecule has 1 aliphatic heterocycles. The van der Waals surface area contributed by atoms with Crippen molar-refractivity contribution >= 4 is 34.8 Å². The molecule has 1 fully saturated rings. The average molecular weight is 698 g/mol. The van der Waals surface area contributed by atoms with Crippen LogP contribution in [0.15, 0.2) is 17.1 Å². The highest BCUT2D eigenvalue weighted by Crippen LogP contribution is 2.56. The molecular formula is C34H35NO15. The van der Waals surface area contributed by atoms with E-state index < -0.39 is 147 Å². The second-order valence-corrected chi connectivity index (χ2v) is 12.8. The lowest BCUT2D eigenvalue weighted by Gasteiger charge is -2.52. The molecule has 16 heteroatoms. The molecule has 8 atom stereocenters. The number of nitrogens with zero attached hydrogens (tertiary/aromatic N) is 1. The Kier molecular flexibility index (Phi) is 8.58. The lowest BCUT2D eigenvalue weighted by Crippen LogP contribution is -2.73. The third-order valence-corrected chi connectivity index (χ3v) is 10.3. The Balaban J connectivity index is 1.55. The normalized spacial score (nSPS) is 32.7. The van der Waals surface area contributed by atoms with Crippen LogP contribution in [0.25, 0.3) is 0 Å². The number of methoxy groups -OCH3 is 3. The Morgan fingerprint density at radius 1 is 1.02 bits per heavy atom. The van der Waals surface area contributed by atoms with Crippen molar-refractivity contribution in [2.45, 2.75) is 68.5 Å². The minimum absolute atomic E-state index is 0.0131. The SMILES string of the molecule is COC(=O)c1c(C)cc2c(c1O)[C@]1(O)C(=O)c3cc4c(c(O)c3C(=O)[C@]1(OC)C(O)C2)C(=O)CC(=NC1O[C@@H](C)[C@H](OC)[C@@H](O)[C@H]1CO)C4=O. The number of carbonyl (C=O) groups excluding carboxylic acids is 5. The summed E-state index contributed by atoms with van der Waals surface area (Å²) in [5.74, 6) is -8.73. The topological polar surface area (TPSA) is 256 Å². The molecule has 0 saturated carbocycles. The van der Waals surface area contributed by atoms with Gasteiger partial charge in [0, 0.05) is 37.3 Å².